The Morgan fingerprint density at radius 2 is 2.31 bits per heavy atom. The summed E-state index contributed by atoms with van der Waals surface area (Å²) in [5.41, 5.74) is 8.06. The van der Waals surface area contributed by atoms with Crippen molar-refractivity contribution in [2.75, 3.05) is 5.73 Å². The van der Waals surface area contributed by atoms with Gasteiger partial charge in [-0.25, -0.2) is 4.98 Å². The minimum absolute atomic E-state index is 0.584. The van der Waals surface area contributed by atoms with Gasteiger partial charge in [0.1, 0.15) is 5.82 Å². The molecule has 0 aliphatic heterocycles. The summed E-state index contributed by atoms with van der Waals surface area (Å²) in [5, 5.41) is 1.19. The minimum Gasteiger partial charge on any atom is -0.384 e. The number of anilines is 1. The van der Waals surface area contributed by atoms with E-state index >= 15 is 0 Å². The molecule has 0 aliphatic rings. The SMILES string of the molecule is CCn1cc(C)c2cnc(N)cc21. The van der Waals surface area contributed by atoms with E-state index in [1.54, 1.807) is 0 Å². The summed E-state index contributed by atoms with van der Waals surface area (Å²) in [7, 11) is 0. The predicted octanol–water partition coefficient (Wildman–Crippen LogP) is 1.95. The molecule has 2 aromatic heterocycles. The van der Waals surface area contributed by atoms with Crippen LogP contribution in [0.2, 0.25) is 0 Å². The zero-order valence-electron chi connectivity index (χ0n) is 7.91. The van der Waals surface area contributed by atoms with Gasteiger partial charge in [0.15, 0.2) is 0 Å². The van der Waals surface area contributed by atoms with Crippen LogP contribution in [-0.4, -0.2) is 9.55 Å². The van der Waals surface area contributed by atoms with Crippen LogP contribution in [-0.2, 0) is 6.54 Å². The van der Waals surface area contributed by atoms with Gasteiger partial charge < -0.3 is 10.3 Å². The largest absolute Gasteiger partial charge is 0.384 e. The second-order valence-corrected chi connectivity index (χ2v) is 3.22. The highest BCUT2D eigenvalue weighted by Gasteiger charge is 2.04. The van der Waals surface area contributed by atoms with Gasteiger partial charge in [-0.1, -0.05) is 0 Å². The lowest BCUT2D eigenvalue weighted by Gasteiger charge is -1.99. The zero-order valence-corrected chi connectivity index (χ0v) is 7.91. The van der Waals surface area contributed by atoms with Crippen molar-refractivity contribution in [3.63, 3.8) is 0 Å². The molecule has 0 aliphatic carbocycles. The average Bonchev–Trinajstić information content (AvgIpc) is 2.42. The third-order valence-corrected chi connectivity index (χ3v) is 2.33. The summed E-state index contributed by atoms with van der Waals surface area (Å²) in [6, 6.07) is 1.92. The Hall–Kier alpha value is -1.51. The number of pyridine rings is 1. The molecule has 0 amide bonds. The monoisotopic (exact) mass is 175 g/mol. The fourth-order valence-electron chi connectivity index (χ4n) is 1.64. The molecule has 0 saturated carbocycles. The summed E-state index contributed by atoms with van der Waals surface area (Å²) in [5.74, 6) is 0.584. The van der Waals surface area contributed by atoms with Crippen molar-refractivity contribution in [2.24, 2.45) is 0 Å². The van der Waals surface area contributed by atoms with Gasteiger partial charge in [-0.15, -0.1) is 0 Å². The minimum atomic E-state index is 0.584. The maximum atomic E-state index is 5.63. The van der Waals surface area contributed by atoms with E-state index in [2.05, 4.69) is 29.6 Å². The Kier molecular flexibility index (Phi) is 1.72. The Balaban J connectivity index is 2.81. The molecule has 0 spiro atoms. The number of nitrogens with zero attached hydrogens (tertiary/aromatic N) is 2. The Labute approximate surface area is 77.2 Å². The first-order valence-corrected chi connectivity index (χ1v) is 4.43. The second-order valence-electron chi connectivity index (χ2n) is 3.22. The van der Waals surface area contributed by atoms with Crippen LogP contribution in [0.1, 0.15) is 12.5 Å². The lowest BCUT2D eigenvalue weighted by atomic mass is 10.2. The standard InChI is InChI=1S/C10H13N3/c1-3-13-6-7(2)8-5-12-10(11)4-9(8)13/h4-6H,3H2,1-2H3,(H2,11,12). The van der Waals surface area contributed by atoms with E-state index in [9.17, 15) is 0 Å². The van der Waals surface area contributed by atoms with Crippen molar-refractivity contribution in [1.82, 2.24) is 9.55 Å². The molecule has 2 aromatic rings. The fraction of sp³-hybridized carbons (Fsp3) is 0.300. The summed E-state index contributed by atoms with van der Waals surface area (Å²) in [6.07, 6.45) is 3.97. The molecule has 0 bridgehead atoms. The maximum Gasteiger partial charge on any atom is 0.125 e. The number of aryl methyl sites for hydroxylation is 2. The van der Waals surface area contributed by atoms with Gasteiger partial charge in [0.05, 0.1) is 5.52 Å². The molecular formula is C10H13N3. The van der Waals surface area contributed by atoms with Crippen LogP contribution < -0.4 is 5.73 Å². The van der Waals surface area contributed by atoms with Crippen LogP contribution in [0, 0.1) is 6.92 Å². The number of aromatic nitrogens is 2. The van der Waals surface area contributed by atoms with Crippen LogP contribution >= 0.6 is 0 Å². The summed E-state index contributed by atoms with van der Waals surface area (Å²) in [6.45, 7) is 5.18. The van der Waals surface area contributed by atoms with Crippen LogP contribution in [0.25, 0.3) is 10.9 Å². The molecule has 2 N–H and O–H groups in total. The molecule has 3 heteroatoms. The van der Waals surface area contributed by atoms with Crippen LogP contribution in [0.15, 0.2) is 18.5 Å². The first kappa shape index (κ1) is 8.10. The molecule has 0 fully saturated rings. The summed E-state index contributed by atoms with van der Waals surface area (Å²) in [4.78, 5) is 4.08. The van der Waals surface area contributed by atoms with E-state index in [4.69, 9.17) is 5.73 Å². The summed E-state index contributed by atoms with van der Waals surface area (Å²) < 4.78 is 2.18. The van der Waals surface area contributed by atoms with Crippen LogP contribution in [0.5, 0.6) is 0 Å². The van der Waals surface area contributed by atoms with E-state index < -0.39 is 0 Å². The number of hydrogen-bond acceptors (Lipinski definition) is 2. The number of nitrogen functional groups attached to an aromatic ring is 1. The van der Waals surface area contributed by atoms with Gasteiger partial charge in [-0.2, -0.15) is 0 Å². The molecule has 2 heterocycles. The molecule has 0 aromatic carbocycles. The first-order chi connectivity index (χ1) is 6.22. The van der Waals surface area contributed by atoms with Crippen molar-refractivity contribution in [3.8, 4) is 0 Å². The third kappa shape index (κ3) is 1.16. The fourth-order valence-corrected chi connectivity index (χ4v) is 1.64. The Bertz CT molecular complexity index is 443. The van der Waals surface area contributed by atoms with Crippen molar-refractivity contribution in [1.29, 1.82) is 0 Å². The van der Waals surface area contributed by atoms with E-state index in [1.165, 1.54) is 16.5 Å². The van der Waals surface area contributed by atoms with Crippen LogP contribution in [0.3, 0.4) is 0 Å². The second kappa shape index (κ2) is 2.76. The molecule has 68 valence electrons. The van der Waals surface area contributed by atoms with Gasteiger partial charge in [0.2, 0.25) is 0 Å². The lowest BCUT2D eigenvalue weighted by Crippen LogP contribution is -1.93. The zero-order chi connectivity index (χ0) is 9.42. The van der Waals surface area contributed by atoms with Gasteiger partial charge in [-0.3, -0.25) is 0 Å². The van der Waals surface area contributed by atoms with Gasteiger partial charge in [0.25, 0.3) is 0 Å². The summed E-state index contributed by atoms with van der Waals surface area (Å²) >= 11 is 0. The van der Waals surface area contributed by atoms with E-state index in [-0.39, 0.29) is 0 Å². The molecule has 0 saturated heterocycles. The quantitative estimate of drug-likeness (QED) is 0.719. The maximum absolute atomic E-state index is 5.63. The van der Waals surface area contributed by atoms with Crippen molar-refractivity contribution in [3.05, 3.63) is 24.0 Å². The molecule has 3 nitrogen and oxygen atoms in total. The third-order valence-electron chi connectivity index (χ3n) is 2.33. The van der Waals surface area contributed by atoms with Crippen molar-refractivity contribution in [2.45, 2.75) is 20.4 Å². The average molecular weight is 175 g/mol. The molecule has 13 heavy (non-hydrogen) atoms. The van der Waals surface area contributed by atoms with Gasteiger partial charge >= 0.3 is 0 Å². The smallest absolute Gasteiger partial charge is 0.125 e. The van der Waals surface area contributed by atoms with Crippen molar-refractivity contribution < 1.29 is 0 Å². The molecule has 0 atom stereocenters. The van der Waals surface area contributed by atoms with Crippen molar-refractivity contribution >= 4 is 16.7 Å². The molecule has 2 rings (SSSR count). The topological polar surface area (TPSA) is 43.8 Å². The molecular weight excluding hydrogens is 162 g/mol. The normalized spacial score (nSPS) is 10.9. The van der Waals surface area contributed by atoms with E-state index in [0.29, 0.717) is 5.82 Å². The number of rotatable bonds is 1. The molecule has 0 unspecified atom stereocenters. The van der Waals surface area contributed by atoms with Gasteiger partial charge in [0, 0.05) is 30.4 Å². The highest BCUT2D eigenvalue weighted by molar-refractivity contribution is 5.84. The van der Waals surface area contributed by atoms with Gasteiger partial charge in [-0.05, 0) is 19.4 Å². The first-order valence-electron chi connectivity index (χ1n) is 4.43. The number of hydrogen-bond donors (Lipinski definition) is 1. The Morgan fingerprint density at radius 1 is 1.54 bits per heavy atom. The van der Waals surface area contributed by atoms with E-state index in [0.717, 1.165) is 6.54 Å². The van der Waals surface area contributed by atoms with Crippen LogP contribution in [0.4, 0.5) is 5.82 Å². The highest BCUT2D eigenvalue weighted by atomic mass is 15.0. The molecule has 0 radical (unpaired) electrons. The highest BCUT2D eigenvalue weighted by Crippen LogP contribution is 2.20. The Morgan fingerprint density at radius 3 is 3.00 bits per heavy atom. The number of nitrogens with two attached hydrogens (primary N) is 1. The lowest BCUT2D eigenvalue weighted by molar-refractivity contribution is 0.795. The predicted molar refractivity (Wildman–Crippen MR) is 54.6 cm³/mol. The van der Waals surface area contributed by atoms with E-state index in [1.807, 2.05) is 12.3 Å². The number of fused-ring (bicyclic) bond motifs is 1.